The molecule has 0 aromatic carbocycles. The van der Waals surface area contributed by atoms with Crippen molar-refractivity contribution in [3.8, 4) is 0 Å². The van der Waals surface area contributed by atoms with E-state index in [4.69, 9.17) is 0 Å². The second kappa shape index (κ2) is 11.2. The summed E-state index contributed by atoms with van der Waals surface area (Å²) < 4.78 is 0. The summed E-state index contributed by atoms with van der Waals surface area (Å²) in [5, 5.41) is 8.85. The Bertz CT molecular complexity index is 625. The Morgan fingerprint density at radius 1 is 1.22 bits per heavy atom. The minimum atomic E-state index is -0.301. The maximum Gasteiger partial charge on any atom is 0.242 e. The lowest BCUT2D eigenvalue weighted by molar-refractivity contribution is -0.128. The van der Waals surface area contributed by atoms with Crippen LogP contribution in [-0.2, 0) is 16.0 Å². The molecule has 0 unspecified atom stereocenters. The summed E-state index contributed by atoms with van der Waals surface area (Å²) in [5.41, 5.74) is 0.648. The van der Waals surface area contributed by atoms with E-state index in [1.807, 2.05) is 45.9 Å². The number of rotatable bonds is 8. The molecule has 0 aliphatic heterocycles. The predicted molar refractivity (Wildman–Crippen MR) is 107 cm³/mol. The molecule has 1 heterocycles. The van der Waals surface area contributed by atoms with Gasteiger partial charge in [0.1, 0.15) is 6.54 Å². The average molecular weight is 377 g/mol. The number of guanidine groups is 1. The summed E-state index contributed by atoms with van der Waals surface area (Å²) in [6.45, 7) is 8.98. The molecule has 27 heavy (non-hydrogen) atoms. The molecule has 150 valence electrons. The number of pyridine rings is 1. The summed E-state index contributed by atoms with van der Waals surface area (Å²) in [5.74, 6) is 0.210. The van der Waals surface area contributed by atoms with Gasteiger partial charge in [0.15, 0.2) is 5.96 Å². The van der Waals surface area contributed by atoms with Crippen LogP contribution in [0.4, 0.5) is 0 Å². The Kier molecular flexibility index (Phi) is 9.25. The quantitative estimate of drug-likeness (QED) is 0.455. The fourth-order valence-electron chi connectivity index (χ4n) is 2.20. The minimum absolute atomic E-state index is 0.00366. The van der Waals surface area contributed by atoms with Gasteiger partial charge in [-0.15, -0.1) is 0 Å². The molecule has 1 aromatic rings. The third-order valence-corrected chi connectivity index (χ3v) is 3.50. The number of carbonyl (C=O) groups excluding carboxylic acids is 2. The molecular weight excluding hydrogens is 344 g/mol. The van der Waals surface area contributed by atoms with Crippen LogP contribution < -0.4 is 16.0 Å². The van der Waals surface area contributed by atoms with Gasteiger partial charge >= 0.3 is 0 Å². The highest BCUT2D eigenvalue weighted by molar-refractivity contribution is 5.88. The van der Waals surface area contributed by atoms with Gasteiger partial charge in [0, 0.05) is 44.0 Å². The van der Waals surface area contributed by atoms with E-state index in [9.17, 15) is 9.59 Å². The second-order valence-corrected chi connectivity index (χ2v) is 7.23. The number of amides is 2. The number of likely N-dealkylation sites (N-methyl/N-ethyl adjacent to an activating group) is 1. The summed E-state index contributed by atoms with van der Waals surface area (Å²) in [7, 11) is 1.76. The lowest BCUT2D eigenvalue weighted by Gasteiger charge is -2.20. The molecule has 8 nitrogen and oxygen atoms in total. The molecule has 0 atom stereocenters. The van der Waals surface area contributed by atoms with E-state index >= 15 is 0 Å². The number of nitrogens with zero attached hydrogens (tertiary/aromatic N) is 3. The van der Waals surface area contributed by atoms with Crippen molar-refractivity contribution in [3.05, 3.63) is 30.1 Å². The number of hydrogen-bond donors (Lipinski definition) is 3. The highest BCUT2D eigenvalue weighted by atomic mass is 16.2. The summed E-state index contributed by atoms with van der Waals surface area (Å²) in [6, 6.07) is 5.74. The van der Waals surface area contributed by atoms with Gasteiger partial charge in [-0.3, -0.25) is 14.6 Å². The van der Waals surface area contributed by atoms with Crippen molar-refractivity contribution in [3.63, 3.8) is 0 Å². The van der Waals surface area contributed by atoms with E-state index in [0.29, 0.717) is 25.5 Å². The van der Waals surface area contributed by atoms with Crippen LogP contribution in [0.2, 0.25) is 0 Å². The standard InChI is InChI=1S/C19H32N6O2/c1-6-20-18(22-13-16(26)24-19(2,3)4)23-14-17(27)25(5)12-10-15-9-7-8-11-21-15/h7-9,11H,6,10,12-14H2,1-5H3,(H,24,26)(H2,20,22,23). The number of hydrogen-bond acceptors (Lipinski definition) is 4. The molecule has 0 saturated carbocycles. The highest BCUT2D eigenvalue weighted by Crippen LogP contribution is 1.98. The molecule has 0 radical (unpaired) electrons. The Labute approximate surface area is 161 Å². The molecule has 0 aliphatic carbocycles. The molecule has 8 heteroatoms. The summed E-state index contributed by atoms with van der Waals surface area (Å²) in [6.07, 6.45) is 2.44. The van der Waals surface area contributed by atoms with Crippen LogP contribution in [0.3, 0.4) is 0 Å². The highest BCUT2D eigenvalue weighted by Gasteiger charge is 2.14. The number of aliphatic imine (C=N–C) groups is 1. The van der Waals surface area contributed by atoms with Gasteiger partial charge in [0.25, 0.3) is 0 Å². The summed E-state index contributed by atoms with van der Waals surface area (Å²) >= 11 is 0. The first-order valence-corrected chi connectivity index (χ1v) is 9.18. The average Bonchev–Trinajstić information content (AvgIpc) is 2.61. The first kappa shape index (κ1) is 22.4. The first-order chi connectivity index (χ1) is 12.7. The van der Waals surface area contributed by atoms with E-state index in [-0.39, 0.29) is 30.4 Å². The molecule has 0 aliphatic rings. The fraction of sp³-hybridized carbons (Fsp3) is 0.579. The third kappa shape index (κ3) is 10.2. The SMILES string of the molecule is CCNC(=NCC(=O)NC(C)(C)C)NCC(=O)N(C)CCc1ccccn1. The third-order valence-electron chi connectivity index (χ3n) is 3.50. The zero-order valence-electron chi connectivity index (χ0n) is 17.0. The van der Waals surface area contributed by atoms with Gasteiger partial charge in [-0.05, 0) is 39.8 Å². The number of aromatic nitrogens is 1. The minimum Gasteiger partial charge on any atom is -0.357 e. The van der Waals surface area contributed by atoms with E-state index in [1.54, 1.807) is 18.1 Å². The molecule has 0 fully saturated rings. The smallest absolute Gasteiger partial charge is 0.242 e. The van der Waals surface area contributed by atoms with Gasteiger partial charge in [0.05, 0.1) is 6.54 Å². The molecule has 1 aromatic heterocycles. The van der Waals surface area contributed by atoms with Crippen molar-refractivity contribution in [1.82, 2.24) is 25.8 Å². The molecule has 3 N–H and O–H groups in total. The Balaban J connectivity index is 2.46. The van der Waals surface area contributed by atoms with Crippen molar-refractivity contribution in [2.45, 2.75) is 39.7 Å². The Hall–Kier alpha value is -2.64. The van der Waals surface area contributed by atoms with Crippen molar-refractivity contribution >= 4 is 17.8 Å². The van der Waals surface area contributed by atoms with Crippen LogP contribution in [0.25, 0.3) is 0 Å². The topological polar surface area (TPSA) is 98.7 Å². The van der Waals surface area contributed by atoms with Crippen molar-refractivity contribution in [1.29, 1.82) is 0 Å². The van der Waals surface area contributed by atoms with Crippen LogP contribution in [0.1, 0.15) is 33.4 Å². The van der Waals surface area contributed by atoms with Crippen molar-refractivity contribution in [2.24, 2.45) is 4.99 Å². The zero-order chi connectivity index (χ0) is 20.3. The van der Waals surface area contributed by atoms with E-state index in [0.717, 1.165) is 5.69 Å². The molecule has 0 bridgehead atoms. The monoisotopic (exact) mass is 376 g/mol. The molecule has 0 spiro atoms. The maximum absolute atomic E-state index is 12.3. The summed E-state index contributed by atoms with van der Waals surface area (Å²) in [4.78, 5) is 34.3. The lowest BCUT2D eigenvalue weighted by Crippen LogP contribution is -2.45. The van der Waals surface area contributed by atoms with Gasteiger partial charge in [-0.25, -0.2) is 4.99 Å². The molecule has 1 rings (SSSR count). The second-order valence-electron chi connectivity index (χ2n) is 7.23. The number of carbonyl (C=O) groups is 2. The molecule has 2 amide bonds. The van der Waals surface area contributed by atoms with Crippen LogP contribution >= 0.6 is 0 Å². The normalized spacial score (nSPS) is 11.7. The maximum atomic E-state index is 12.3. The van der Waals surface area contributed by atoms with Crippen LogP contribution in [-0.4, -0.2) is 66.4 Å². The zero-order valence-corrected chi connectivity index (χ0v) is 17.0. The van der Waals surface area contributed by atoms with Crippen LogP contribution in [0.5, 0.6) is 0 Å². The Morgan fingerprint density at radius 2 is 1.96 bits per heavy atom. The van der Waals surface area contributed by atoms with E-state index in [1.165, 1.54) is 0 Å². The van der Waals surface area contributed by atoms with Crippen molar-refractivity contribution in [2.75, 3.05) is 33.2 Å². The predicted octanol–water partition coefficient (Wildman–Crippen LogP) is 0.552. The fourth-order valence-corrected chi connectivity index (χ4v) is 2.20. The van der Waals surface area contributed by atoms with Gasteiger partial charge < -0.3 is 20.9 Å². The van der Waals surface area contributed by atoms with Crippen LogP contribution in [0.15, 0.2) is 29.4 Å². The molecule has 0 saturated heterocycles. The van der Waals surface area contributed by atoms with E-state index < -0.39 is 0 Å². The lowest BCUT2D eigenvalue weighted by atomic mass is 10.1. The Morgan fingerprint density at radius 3 is 2.56 bits per heavy atom. The van der Waals surface area contributed by atoms with E-state index in [2.05, 4.69) is 25.9 Å². The van der Waals surface area contributed by atoms with Gasteiger partial charge in [-0.1, -0.05) is 6.07 Å². The van der Waals surface area contributed by atoms with Crippen LogP contribution in [0, 0.1) is 0 Å². The number of nitrogens with one attached hydrogen (secondary N) is 3. The first-order valence-electron chi connectivity index (χ1n) is 9.18. The van der Waals surface area contributed by atoms with Crippen molar-refractivity contribution < 1.29 is 9.59 Å². The van der Waals surface area contributed by atoms with Gasteiger partial charge in [0.2, 0.25) is 11.8 Å². The van der Waals surface area contributed by atoms with Gasteiger partial charge in [-0.2, -0.15) is 0 Å². The molecular formula is C19H32N6O2. The largest absolute Gasteiger partial charge is 0.357 e.